The number of ether oxygens (including phenoxy) is 2. The molecule has 208 valence electrons. The lowest BCUT2D eigenvalue weighted by atomic mass is 10.1. The third kappa shape index (κ3) is 7.83. The maximum atomic E-state index is 13.4. The summed E-state index contributed by atoms with van der Waals surface area (Å²) in [6.45, 7) is 0. The number of hydrogen-bond donors (Lipinski definition) is 2. The van der Waals surface area contributed by atoms with Gasteiger partial charge in [0.15, 0.2) is 17.3 Å². The Morgan fingerprint density at radius 3 is 2.17 bits per heavy atom. The van der Waals surface area contributed by atoms with Crippen molar-refractivity contribution < 1.29 is 28.2 Å². The van der Waals surface area contributed by atoms with E-state index in [1.165, 1.54) is 56.3 Å². The highest BCUT2D eigenvalue weighted by atomic mass is 32.2. The monoisotopic (exact) mass is 570 g/mol. The maximum Gasteiger partial charge on any atom is 0.272 e. The van der Waals surface area contributed by atoms with Crippen LogP contribution in [-0.4, -0.2) is 37.6 Å². The predicted octanol–water partition coefficient (Wildman–Crippen LogP) is 6.23. The van der Waals surface area contributed by atoms with Gasteiger partial charge in [-0.2, -0.15) is 0 Å². The van der Waals surface area contributed by atoms with Crippen LogP contribution in [0, 0.1) is 5.82 Å². The number of halogens is 1. The zero-order valence-electron chi connectivity index (χ0n) is 22.3. The first-order valence-corrected chi connectivity index (χ1v) is 13.5. The molecule has 0 aromatic heterocycles. The van der Waals surface area contributed by atoms with Crippen LogP contribution in [0.3, 0.4) is 0 Å². The van der Waals surface area contributed by atoms with Crippen LogP contribution in [-0.2, 0) is 4.79 Å². The van der Waals surface area contributed by atoms with E-state index in [9.17, 15) is 18.8 Å². The fourth-order valence-corrected chi connectivity index (χ4v) is 4.62. The number of hydrogen-bond acceptors (Lipinski definition) is 6. The average molecular weight is 571 g/mol. The molecule has 0 spiro atoms. The van der Waals surface area contributed by atoms with Gasteiger partial charge in [0, 0.05) is 27.3 Å². The SMILES string of the molecule is COc1cccc(/C=C(\NC(=O)c2ccccc2)C(=O)Nc2ccc(SCC(=O)c3ccc(F)cc3)cc2)c1OC. The lowest BCUT2D eigenvalue weighted by Crippen LogP contribution is -2.30. The molecule has 0 aliphatic heterocycles. The van der Waals surface area contributed by atoms with E-state index in [0.29, 0.717) is 33.9 Å². The molecule has 0 atom stereocenters. The number of ketones is 1. The van der Waals surface area contributed by atoms with Crippen molar-refractivity contribution >= 4 is 41.1 Å². The Morgan fingerprint density at radius 2 is 1.51 bits per heavy atom. The van der Waals surface area contributed by atoms with Crippen molar-refractivity contribution in [3.05, 3.63) is 125 Å². The molecule has 4 rings (SSSR count). The summed E-state index contributed by atoms with van der Waals surface area (Å²) in [6.07, 6.45) is 1.52. The third-order valence-corrected chi connectivity index (χ3v) is 6.92. The second kappa shape index (κ2) is 14.0. The van der Waals surface area contributed by atoms with Crippen molar-refractivity contribution in [2.24, 2.45) is 0 Å². The van der Waals surface area contributed by atoms with Gasteiger partial charge in [-0.3, -0.25) is 14.4 Å². The van der Waals surface area contributed by atoms with E-state index in [0.717, 1.165) is 4.90 Å². The number of anilines is 1. The van der Waals surface area contributed by atoms with Gasteiger partial charge < -0.3 is 20.1 Å². The van der Waals surface area contributed by atoms with E-state index >= 15 is 0 Å². The quantitative estimate of drug-likeness (QED) is 0.126. The van der Waals surface area contributed by atoms with Gasteiger partial charge in [-0.05, 0) is 72.8 Å². The lowest BCUT2D eigenvalue weighted by Gasteiger charge is -2.14. The van der Waals surface area contributed by atoms with Gasteiger partial charge in [-0.15, -0.1) is 11.8 Å². The average Bonchev–Trinajstić information content (AvgIpc) is 3.00. The van der Waals surface area contributed by atoms with Crippen molar-refractivity contribution in [3.8, 4) is 11.5 Å². The van der Waals surface area contributed by atoms with Crippen LogP contribution in [0.4, 0.5) is 10.1 Å². The van der Waals surface area contributed by atoms with E-state index in [2.05, 4.69) is 10.6 Å². The summed E-state index contributed by atoms with van der Waals surface area (Å²) < 4.78 is 24.0. The summed E-state index contributed by atoms with van der Waals surface area (Å²) in [5.41, 5.74) is 1.84. The number of thioether (sulfide) groups is 1. The molecule has 0 heterocycles. The van der Waals surface area contributed by atoms with E-state index in [1.54, 1.807) is 72.8 Å². The summed E-state index contributed by atoms with van der Waals surface area (Å²) in [6, 6.07) is 26.1. The van der Waals surface area contributed by atoms with Crippen LogP contribution in [0.25, 0.3) is 6.08 Å². The third-order valence-electron chi connectivity index (χ3n) is 5.91. The normalized spacial score (nSPS) is 11.0. The molecule has 4 aromatic carbocycles. The van der Waals surface area contributed by atoms with E-state index in [4.69, 9.17) is 9.47 Å². The Balaban J connectivity index is 1.50. The van der Waals surface area contributed by atoms with Gasteiger partial charge in [0.25, 0.3) is 11.8 Å². The van der Waals surface area contributed by atoms with Crippen LogP contribution in [0.2, 0.25) is 0 Å². The van der Waals surface area contributed by atoms with Gasteiger partial charge in [-0.1, -0.05) is 30.3 Å². The molecule has 0 aliphatic rings. The highest BCUT2D eigenvalue weighted by molar-refractivity contribution is 8.00. The van der Waals surface area contributed by atoms with Crippen molar-refractivity contribution in [1.82, 2.24) is 5.32 Å². The van der Waals surface area contributed by atoms with E-state index in [1.807, 2.05) is 0 Å². The number of para-hydroxylation sites is 1. The number of carbonyl (C=O) groups excluding carboxylic acids is 3. The van der Waals surface area contributed by atoms with Gasteiger partial charge in [0.05, 0.1) is 20.0 Å². The molecule has 0 bridgehead atoms. The number of carbonyl (C=O) groups is 3. The highest BCUT2D eigenvalue weighted by Crippen LogP contribution is 2.32. The zero-order valence-corrected chi connectivity index (χ0v) is 23.2. The van der Waals surface area contributed by atoms with Crippen molar-refractivity contribution in [1.29, 1.82) is 0 Å². The number of methoxy groups -OCH3 is 2. The van der Waals surface area contributed by atoms with Gasteiger partial charge in [0.2, 0.25) is 0 Å². The number of rotatable bonds is 11. The molecule has 0 fully saturated rings. The molecule has 0 radical (unpaired) electrons. The molecule has 4 aromatic rings. The number of nitrogens with one attached hydrogen (secondary N) is 2. The molecular formula is C32H27FN2O5S. The van der Waals surface area contributed by atoms with Crippen LogP contribution >= 0.6 is 11.8 Å². The van der Waals surface area contributed by atoms with Gasteiger partial charge >= 0.3 is 0 Å². The minimum absolute atomic E-state index is 0.00579. The fraction of sp³-hybridized carbons (Fsp3) is 0.0938. The lowest BCUT2D eigenvalue weighted by molar-refractivity contribution is -0.113. The fourth-order valence-electron chi connectivity index (χ4n) is 3.82. The smallest absolute Gasteiger partial charge is 0.272 e. The van der Waals surface area contributed by atoms with Crippen molar-refractivity contribution in [2.75, 3.05) is 25.3 Å². The Hall–Kier alpha value is -4.89. The molecular weight excluding hydrogens is 543 g/mol. The van der Waals surface area contributed by atoms with Crippen LogP contribution in [0.5, 0.6) is 11.5 Å². The Kier molecular flexibility index (Phi) is 9.90. The minimum Gasteiger partial charge on any atom is -0.493 e. The molecule has 0 saturated heterocycles. The minimum atomic E-state index is -0.550. The molecule has 2 N–H and O–H groups in total. The van der Waals surface area contributed by atoms with Crippen LogP contribution < -0.4 is 20.1 Å². The largest absolute Gasteiger partial charge is 0.493 e. The topological polar surface area (TPSA) is 93.7 Å². The second-order valence-corrected chi connectivity index (χ2v) is 9.71. The molecule has 41 heavy (non-hydrogen) atoms. The zero-order chi connectivity index (χ0) is 29.2. The number of benzene rings is 4. The molecule has 2 amide bonds. The van der Waals surface area contributed by atoms with Gasteiger partial charge in [-0.25, -0.2) is 4.39 Å². The van der Waals surface area contributed by atoms with E-state index in [-0.39, 0.29) is 17.2 Å². The van der Waals surface area contributed by atoms with E-state index < -0.39 is 17.6 Å². The summed E-state index contributed by atoms with van der Waals surface area (Å²) in [5, 5.41) is 5.51. The molecule has 0 aliphatic carbocycles. The molecule has 0 saturated carbocycles. The van der Waals surface area contributed by atoms with Gasteiger partial charge in [0.1, 0.15) is 11.5 Å². The number of amides is 2. The summed E-state index contributed by atoms with van der Waals surface area (Å²) in [5.74, 6) is -0.459. The first-order chi connectivity index (χ1) is 19.9. The Bertz CT molecular complexity index is 1560. The Morgan fingerprint density at radius 1 is 0.805 bits per heavy atom. The molecule has 0 unspecified atom stereocenters. The Labute approximate surface area is 241 Å². The summed E-state index contributed by atoms with van der Waals surface area (Å²) in [4.78, 5) is 39.5. The first kappa shape index (κ1) is 29.1. The number of Topliss-reactive ketones (excluding diaryl/α,β-unsaturated/α-hetero) is 1. The van der Waals surface area contributed by atoms with Crippen LogP contribution in [0.1, 0.15) is 26.3 Å². The highest BCUT2D eigenvalue weighted by Gasteiger charge is 2.17. The molecule has 9 heteroatoms. The van der Waals surface area contributed by atoms with Crippen molar-refractivity contribution in [3.63, 3.8) is 0 Å². The summed E-state index contributed by atoms with van der Waals surface area (Å²) in [7, 11) is 3.00. The summed E-state index contributed by atoms with van der Waals surface area (Å²) >= 11 is 1.33. The molecule has 7 nitrogen and oxygen atoms in total. The maximum absolute atomic E-state index is 13.4. The standard InChI is InChI=1S/C32H27FN2O5S/c1-39-29-10-6-9-23(30(29)40-2)19-27(35-31(37)22-7-4-3-5-8-22)32(38)34-25-15-17-26(18-16-25)41-20-28(36)21-11-13-24(33)14-12-21/h3-19H,20H2,1-2H3,(H,34,38)(H,35,37)/b27-19-. The predicted molar refractivity (Wildman–Crippen MR) is 158 cm³/mol. The first-order valence-electron chi connectivity index (χ1n) is 12.5. The second-order valence-electron chi connectivity index (χ2n) is 8.66. The van der Waals surface area contributed by atoms with Crippen molar-refractivity contribution in [2.45, 2.75) is 4.90 Å². The van der Waals surface area contributed by atoms with Crippen LogP contribution in [0.15, 0.2) is 108 Å².